The summed E-state index contributed by atoms with van der Waals surface area (Å²) in [7, 11) is 0. The fourth-order valence-electron chi connectivity index (χ4n) is 3.08. The second-order valence-corrected chi connectivity index (χ2v) is 5.79. The van der Waals surface area contributed by atoms with Crippen molar-refractivity contribution in [2.24, 2.45) is 5.92 Å². The molecule has 6 heteroatoms. The van der Waals surface area contributed by atoms with Crippen LogP contribution in [0.3, 0.4) is 0 Å². The maximum atomic E-state index is 12.9. The molecule has 4 unspecified atom stereocenters. The SMILES string of the molecule is CC1OCCC1(O)CNC1CCCCC1C(F)(F)F. The van der Waals surface area contributed by atoms with E-state index in [2.05, 4.69) is 5.32 Å². The first-order valence-electron chi connectivity index (χ1n) is 6.97. The van der Waals surface area contributed by atoms with Crippen LogP contribution in [0.15, 0.2) is 0 Å². The van der Waals surface area contributed by atoms with Crippen molar-refractivity contribution in [3.63, 3.8) is 0 Å². The summed E-state index contributed by atoms with van der Waals surface area (Å²) in [4.78, 5) is 0. The largest absolute Gasteiger partial charge is 0.393 e. The lowest BCUT2D eigenvalue weighted by Gasteiger charge is -2.36. The van der Waals surface area contributed by atoms with Crippen molar-refractivity contribution in [1.29, 1.82) is 0 Å². The van der Waals surface area contributed by atoms with Gasteiger partial charge in [-0.3, -0.25) is 0 Å². The minimum atomic E-state index is -4.15. The van der Waals surface area contributed by atoms with Crippen LogP contribution < -0.4 is 5.32 Å². The molecule has 2 rings (SSSR count). The summed E-state index contributed by atoms with van der Waals surface area (Å²) in [5.41, 5.74) is -1.03. The standard InChI is InChI=1S/C13H22F3NO2/c1-9-12(18,6-7-19-9)8-17-11-5-3-2-4-10(11)13(14,15)16/h9-11,17-18H,2-8H2,1H3. The highest BCUT2D eigenvalue weighted by Crippen LogP contribution is 2.38. The van der Waals surface area contributed by atoms with Gasteiger partial charge >= 0.3 is 6.18 Å². The minimum Gasteiger partial charge on any atom is -0.386 e. The summed E-state index contributed by atoms with van der Waals surface area (Å²) in [6.45, 7) is 2.40. The predicted molar refractivity (Wildman–Crippen MR) is 64.8 cm³/mol. The van der Waals surface area contributed by atoms with Crippen LogP contribution in [0, 0.1) is 5.92 Å². The third-order valence-electron chi connectivity index (χ3n) is 4.52. The zero-order valence-corrected chi connectivity index (χ0v) is 11.2. The molecular weight excluding hydrogens is 259 g/mol. The molecule has 2 aliphatic rings. The van der Waals surface area contributed by atoms with Gasteiger partial charge in [0, 0.05) is 25.6 Å². The summed E-state index contributed by atoms with van der Waals surface area (Å²) >= 11 is 0. The Morgan fingerprint density at radius 3 is 2.58 bits per heavy atom. The van der Waals surface area contributed by atoms with Gasteiger partial charge in [0.2, 0.25) is 0 Å². The lowest BCUT2D eigenvalue weighted by Crippen LogP contribution is -2.53. The van der Waals surface area contributed by atoms with Crippen LogP contribution in [-0.2, 0) is 4.74 Å². The lowest BCUT2D eigenvalue weighted by atomic mass is 9.83. The van der Waals surface area contributed by atoms with Gasteiger partial charge in [0.05, 0.1) is 12.0 Å². The van der Waals surface area contributed by atoms with Crippen LogP contribution >= 0.6 is 0 Å². The molecule has 0 bridgehead atoms. The van der Waals surface area contributed by atoms with E-state index < -0.39 is 23.7 Å². The van der Waals surface area contributed by atoms with Gasteiger partial charge in [-0.1, -0.05) is 12.8 Å². The van der Waals surface area contributed by atoms with Crippen LogP contribution in [0.2, 0.25) is 0 Å². The normalized spacial score (nSPS) is 40.6. The smallest absolute Gasteiger partial charge is 0.386 e. The zero-order chi connectivity index (χ0) is 14.1. The molecule has 19 heavy (non-hydrogen) atoms. The average Bonchev–Trinajstić information content (AvgIpc) is 2.67. The fraction of sp³-hybridized carbons (Fsp3) is 1.00. The van der Waals surface area contributed by atoms with Gasteiger partial charge in [0.25, 0.3) is 0 Å². The Kier molecular flexibility index (Phi) is 4.42. The van der Waals surface area contributed by atoms with Crippen molar-refractivity contribution in [1.82, 2.24) is 5.32 Å². The third-order valence-corrected chi connectivity index (χ3v) is 4.52. The minimum absolute atomic E-state index is 0.172. The van der Waals surface area contributed by atoms with Crippen LogP contribution in [0.5, 0.6) is 0 Å². The van der Waals surface area contributed by atoms with E-state index in [0.29, 0.717) is 25.9 Å². The van der Waals surface area contributed by atoms with Crippen LogP contribution in [-0.4, -0.2) is 42.2 Å². The van der Waals surface area contributed by atoms with Gasteiger partial charge in [-0.2, -0.15) is 13.2 Å². The second-order valence-electron chi connectivity index (χ2n) is 5.79. The van der Waals surface area contributed by atoms with Crippen LogP contribution in [0.1, 0.15) is 39.0 Å². The van der Waals surface area contributed by atoms with Gasteiger partial charge in [-0.25, -0.2) is 0 Å². The maximum absolute atomic E-state index is 12.9. The fourth-order valence-corrected chi connectivity index (χ4v) is 3.08. The molecule has 0 amide bonds. The molecule has 0 aromatic heterocycles. The number of hydrogen-bond donors (Lipinski definition) is 2. The number of ether oxygens (including phenoxy) is 1. The molecule has 1 saturated heterocycles. The molecule has 4 atom stereocenters. The number of rotatable bonds is 3. The number of nitrogens with one attached hydrogen (secondary N) is 1. The van der Waals surface area contributed by atoms with E-state index in [9.17, 15) is 18.3 Å². The Hall–Kier alpha value is -0.330. The first-order chi connectivity index (χ1) is 8.83. The van der Waals surface area contributed by atoms with Crippen molar-refractivity contribution in [3.8, 4) is 0 Å². The Morgan fingerprint density at radius 2 is 2.00 bits per heavy atom. The highest BCUT2D eigenvalue weighted by atomic mass is 19.4. The topological polar surface area (TPSA) is 41.5 Å². The van der Waals surface area contributed by atoms with E-state index in [1.54, 1.807) is 6.92 Å². The predicted octanol–water partition coefficient (Wildman–Crippen LogP) is 2.24. The molecule has 0 aromatic carbocycles. The Morgan fingerprint density at radius 1 is 1.32 bits per heavy atom. The van der Waals surface area contributed by atoms with Crippen LogP contribution in [0.25, 0.3) is 0 Å². The van der Waals surface area contributed by atoms with Gasteiger partial charge in [0.1, 0.15) is 5.60 Å². The second kappa shape index (κ2) is 5.58. The number of hydrogen-bond acceptors (Lipinski definition) is 3. The summed E-state index contributed by atoms with van der Waals surface area (Å²) in [5, 5.41) is 13.3. The quantitative estimate of drug-likeness (QED) is 0.833. The maximum Gasteiger partial charge on any atom is 0.393 e. The van der Waals surface area contributed by atoms with E-state index in [1.807, 2.05) is 0 Å². The van der Waals surface area contributed by atoms with Gasteiger partial charge < -0.3 is 15.2 Å². The van der Waals surface area contributed by atoms with Gasteiger partial charge in [-0.05, 0) is 19.8 Å². The number of aliphatic hydroxyl groups is 1. The molecule has 1 aliphatic carbocycles. The summed E-state index contributed by atoms with van der Waals surface area (Å²) < 4.78 is 44.1. The van der Waals surface area contributed by atoms with Crippen molar-refractivity contribution in [3.05, 3.63) is 0 Å². The van der Waals surface area contributed by atoms with Gasteiger partial charge in [-0.15, -0.1) is 0 Å². The molecule has 0 aromatic rings. The van der Waals surface area contributed by atoms with E-state index in [1.165, 1.54) is 0 Å². The van der Waals surface area contributed by atoms with E-state index in [-0.39, 0.29) is 19.1 Å². The molecule has 1 heterocycles. The number of alkyl halides is 3. The van der Waals surface area contributed by atoms with Crippen LogP contribution in [0.4, 0.5) is 13.2 Å². The molecule has 0 radical (unpaired) electrons. The molecule has 1 aliphatic heterocycles. The Balaban J connectivity index is 1.93. The van der Waals surface area contributed by atoms with Crippen molar-refractivity contribution >= 4 is 0 Å². The first kappa shape index (κ1) is 15.1. The number of halogens is 3. The zero-order valence-electron chi connectivity index (χ0n) is 11.2. The highest BCUT2D eigenvalue weighted by molar-refractivity contribution is 4.94. The highest BCUT2D eigenvalue weighted by Gasteiger charge is 2.47. The molecule has 3 nitrogen and oxygen atoms in total. The Labute approximate surface area is 111 Å². The van der Waals surface area contributed by atoms with E-state index >= 15 is 0 Å². The summed E-state index contributed by atoms with van der Waals surface area (Å²) in [6.07, 6.45) is -1.85. The molecule has 1 saturated carbocycles. The van der Waals surface area contributed by atoms with Crippen molar-refractivity contribution in [2.45, 2.75) is 63.0 Å². The van der Waals surface area contributed by atoms with E-state index in [0.717, 1.165) is 6.42 Å². The molecular formula is C13H22F3NO2. The van der Waals surface area contributed by atoms with Crippen molar-refractivity contribution in [2.75, 3.05) is 13.2 Å². The summed E-state index contributed by atoms with van der Waals surface area (Å²) in [6, 6.07) is -0.578. The van der Waals surface area contributed by atoms with Gasteiger partial charge in [0.15, 0.2) is 0 Å². The molecule has 112 valence electrons. The Bertz CT molecular complexity index is 311. The molecule has 2 N–H and O–H groups in total. The van der Waals surface area contributed by atoms with Crippen molar-refractivity contribution < 1.29 is 23.0 Å². The third kappa shape index (κ3) is 3.41. The molecule has 0 spiro atoms. The summed E-state index contributed by atoms with van der Waals surface area (Å²) in [5.74, 6) is -1.29. The lowest BCUT2D eigenvalue weighted by molar-refractivity contribution is -0.189. The monoisotopic (exact) mass is 281 g/mol. The first-order valence-corrected chi connectivity index (χ1v) is 6.97. The molecule has 2 fully saturated rings. The average molecular weight is 281 g/mol. The van der Waals surface area contributed by atoms with E-state index in [4.69, 9.17) is 4.74 Å².